The zero-order valence-corrected chi connectivity index (χ0v) is 18.9. The van der Waals surface area contributed by atoms with Crippen LogP contribution < -0.4 is 0 Å². The minimum Gasteiger partial charge on any atom is -0.236 e. The Morgan fingerprint density at radius 3 is 2.14 bits per heavy atom. The average Bonchev–Trinajstić information content (AvgIpc) is 3.27. The van der Waals surface area contributed by atoms with Gasteiger partial charge in [0.2, 0.25) is 0 Å². The van der Waals surface area contributed by atoms with E-state index in [-0.39, 0.29) is 0 Å². The second kappa shape index (κ2) is 9.49. The molecule has 0 N–H and O–H groups in total. The van der Waals surface area contributed by atoms with Gasteiger partial charge in [-0.2, -0.15) is 0 Å². The van der Waals surface area contributed by atoms with E-state index in [9.17, 15) is 0 Å². The molecule has 3 aromatic heterocycles. The molecule has 1 aliphatic carbocycles. The van der Waals surface area contributed by atoms with Crippen molar-refractivity contribution in [2.75, 3.05) is 0 Å². The molecule has 0 saturated heterocycles. The van der Waals surface area contributed by atoms with Gasteiger partial charge >= 0.3 is 0 Å². The first-order chi connectivity index (χ1) is 13.7. The lowest BCUT2D eigenvalue weighted by atomic mass is 9.78. The molecule has 0 spiro atoms. The quantitative estimate of drug-likeness (QED) is 0.375. The maximum atomic E-state index is 4.59. The van der Waals surface area contributed by atoms with Crippen LogP contribution in [0, 0.1) is 11.8 Å². The number of aromatic nitrogens is 2. The van der Waals surface area contributed by atoms with E-state index in [4.69, 9.17) is 0 Å². The summed E-state index contributed by atoms with van der Waals surface area (Å²) in [5, 5.41) is 0. The smallest absolute Gasteiger partial charge is 0.169 e. The third kappa shape index (κ3) is 4.83. The van der Waals surface area contributed by atoms with E-state index in [2.05, 4.69) is 35.9 Å². The number of hydrogen-bond donors (Lipinski definition) is 0. The van der Waals surface area contributed by atoms with Crippen molar-refractivity contribution < 1.29 is 0 Å². The Bertz CT molecular complexity index is 838. The molecule has 150 valence electrons. The fourth-order valence-electron chi connectivity index (χ4n) is 4.58. The van der Waals surface area contributed by atoms with E-state index >= 15 is 0 Å². The Hall–Kier alpha value is -1.26. The lowest BCUT2D eigenvalue weighted by Gasteiger charge is -2.28. The summed E-state index contributed by atoms with van der Waals surface area (Å²) < 4.78 is 2.81. The number of aryl methyl sites for hydroxylation is 2. The van der Waals surface area contributed by atoms with Gasteiger partial charge in [0.25, 0.3) is 0 Å². The molecule has 0 radical (unpaired) electrons. The highest BCUT2D eigenvalue weighted by molar-refractivity contribution is 7.29. The second-order valence-electron chi connectivity index (χ2n) is 8.43. The molecule has 1 saturated carbocycles. The number of rotatable bonds is 8. The van der Waals surface area contributed by atoms with Crippen LogP contribution >= 0.6 is 22.7 Å². The fraction of sp³-hybridized carbons (Fsp3) is 0.583. The summed E-state index contributed by atoms with van der Waals surface area (Å²) in [5.41, 5.74) is 1.23. The van der Waals surface area contributed by atoms with Crippen LogP contribution in [0.15, 0.2) is 24.5 Å². The highest BCUT2D eigenvalue weighted by Crippen LogP contribution is 2.39. The molecule has 0 unspecified atom stereocenters. The predicted octanol–water partition coefficient (Wildman–Crippen LogP) is 7.91. The standard InChI is InChI=1S/C24H32N2S2/c1-3-5-17-7-9-18(10-8-17)11-12-20-13-21-22(27-20)14-23(28-21)24-25-15-19(6-4-2)16-26-24/h13-18H,3-12H2,1-2H3/t17-,18-. The Morgan fingerprint density at radius 1 is 0.821 bits per heavy atom. The lowest BCUT2D eigenvalue weighted by molar-refractivity contribution is 0.252. The van der Waals surface area contributed by atoms with Gasteiger partial charge in [-0.25, -0.2) is 9.97 Å². The summed E-state index contributed by atoms with van der Waals surface area (Å²) in [7, 11) is 0. The maximum absolute atomic E-state index is 4.59. The van der Waals surface area contributed by atoms with Crippen molar-refractivity contribution in [1.29, 1.82) is 0 Å². The average molecular weight is 413 g/mol. The summed E-state index contributed by atoms with van der Waals surface area (Å²) in [5.74, 6) is 2.85. The molecule has 1 aliphatic rings. The Labute approximate surface area is 177 Å². The van der Waals surface area contributed by atoms with Gasteiger partial charge in [0, 0.05) is 26.7 Å². The minimum atomic E-state index is 0.874. The van der Waals surface area contributed by atoms with Crippen LogP contribution in [0.2, 0.25) is 0 Å². The van der Waals surface area contributed by atoms with Gasteiger partial charge < -0.3 is 0 Å². The molecule has 1 fully saturated rings. The summed E-state index contributed by atoms with van der Waals surface area (Å²) in [6.07, 6.45) is 17.5. The molecule has 28 heavy (non-hydrogen) atoms. The zero-order valence-electron chi connectivity index (χ0n) is 17.2. The Kier molecular flexibility index (Phi) is 6.79. The molecule has 4 heteroatoms. The van der Waals surface area contributed by atoms with Gasteiger partial charge in [-0.15, -0.1) is 22.7 Å². The molecule has 0 atom stereocenters. The van der Waals surface area contributed by atoms with Crippen LogP contribution in [0.1, 0.15) is 75.7 Å². The van der Waals surface area contributed by atoms with Crippen LogP contribution in [0.5, 0.6) is 0 Å². The summed E-state index contributed by atoms with van der Waals surface area (Å²) in [4.78, 5) is 11.9. The van der Waals surface area contributed by atoms with Crippen LogP contribution in [0.3, 0.4) is 0 Å². The summed E-state index contributed by atoms with van der Waals surface area (Å²) >= 11 is 3.82. The second-order valence-corrected chi connectivity index (χ2v) is 10.7. The topological polar surface area (TPSA) is 25.8 Å². The normalized spacial score (nSPS) is 20.1. The molecule has 0 bridgehead atoms. The number of thiophene rings is 2. The van der Waals surface area contributed by atoms with Crippen molar-refractivity contribution >= 4 is 32.1 Å². The van der Waals surface area contributed by atoms with Gasteiger partial charge in [0.05, 0.1) is 4.88 Å². The van der Waals surface area contributed by atoms with Gasteiger partial charge in [0.1, 0.15) is 0 Å². The Morgan fingerprint density at radius 2 is 1.50 bits per heavy atom. The molecule has 3 aromatic rings. The first kappa shape index (κ1) is 20.0. The van der Waals surface area contributed by atoms with Crippen LogP contribution in [0.4, 0.5) is 0 Å². The van der Waals surface area contributed by atoms with E-state index in [0.29, 0.717) is 0 Å². The highest BCUT2D eigenvalue weighted by atomic mass is 32.1. The fourth-order valence-corrected chi connectivity index (χ4v) is 6.97. The molecule has 2 nitrogen and oxygen atoms in total. The monoisotopic (exact) mass is 412 g/mol. The van der Waals surface area contributed by atoms with E-state index < -0.39 is 0 Å². The number of fused-ring (bicyclic) bond motifs is 1. The van der Waals surface area contributed by atoms with Crippen molar-refractivity contribution in [3.05, 3.63) is 35.0 Å². The number of nitrogens with zero attached hydrogens (tertiary/aromatic N) is 2. The molecule has 0 aromatic carbocycles. The van der Waals surface area contributed by atoms with Crippen molar-refractivity contribution in [3.8, 4) is 10.7 Å². The van der Waals surface area contributed by atoms with Crippen molar-refractivity contribution in [2.45, 2.75) is 78.1 Å². The first-order valence-corrected chi connectivity index (χ1v) is 12.7. The zero-order chi connectivity index (χ0) is 19.3. The van der Waals surface area contributed by atoms with E-state index in [1.165, 1.54) is 71.2 Å². The third-order valence-electron chi connectivity index (χ3n) is 6.18. The molecule has 0 amide bonds. The van der Waals surface area contributed by atoms with Gasteiger partial charge in [0.15, 0.2) is 5.82 Å². The lowest BCUT2D eigenvalue weighted by Crippen LogP contribution is -2.14. The molecular formula is C24H32N2S2. The third-order valence-corrected chi connectivity index (χ3v) is 8.53. The van der Waals surface area contributed by atoms with E-state index in [1.807, 2.05) is 35.1 Å². The molecular weight excluding hydrogens is 380 g/mol. The summed E-state index contributed by atoms with van der Waals surface area (Å²) in [6, 6.07) is 4.71. The highest BCUT2D eigenvalue weighted by Gasteiger charge is 2.20. The predicted molar refractivity (Wildman–Crippen MR) is 123 cm³/mol. The minimum absolute atomic E-state index is 0.874. The van der Waals surface area contributed by atoms with Crippen molar-refractivity contribution in [2.24, 2.45) is 11.8 Å². The maximum Gasteiger partial charge on any atom is 0.169 e. The number of hydrogen-bond acceptors (Lipinski definition) is 4. The van der Waals surface area contributed by atoms with Crippen LogP contribution in [-0.2, 0) is 12.8 Å². The summed E-state index contributed by atoms with van der Waals surface area (Å²) in [6.45, 7) is 4.52. The molecule has 0 aliphatic heterocycles. The van der Waals surface area contributed by atoms with Crippen LogP contribution in [-0.4, -0.2) is 9.97 Å². The van der Waals surface area contributed by atoms with Gasteiger partial charge in [-0.05, 0) is 48.8 Å². The van der Waals surface area contributed by atoms with Crippen LogP contribution in [0.25, 0.3) is 20.1 Å². The SMILES string of the molecule is CCCc1cnc(-c2cc3sc(CC[C@H]4CC[C@H](CCC)CC4)cc3s2)nc1. The van der Waals surface area contributed by atoms with E-state index in [1.54, 1.807) is 4.88 Å². The van der Waals surface area contributed by atoms with Gasteiger partial charge in [-0.3, -0.25) is 0 Å². The Balaban J connectivity index is 1.34. The van der Waals surface area contributed by atoms with Crippen molar-refractivity contribution in [3.63, 3.8) is 0 Å². The first-order valence-electron chi connectivity index (χ1n) is 11.1. The largest absolute Gasteiger partial charge is 0.236 e. The molecule has 4 rings (SSSR count). The van der Waals surface area contributed by atoms with E-state index in [0.717, 1.165) is 30.5 Å². The van der Waals surface area contributed by atoms with Crippen molar-refractivity contribution in [1.82, 2.24) is 9.97 Å². The van der Waals surface area contributed by atoms with Gasteiger partial charge in [-0.1, -0.05) is 58.8 Å². The molecule has 3 heterocycles.